The fourth-order valence-corrected chi connectivity index (χ4v) is 2.45. The van der Waals surface area contributed by atoms with E-state index in [1.807, 2.05) is 6.07 Å². The highest BCUT2D eigenvalue weighted by molar-refractivity contribution is 5.94. The van der Waals surface area contributed by atoms with Crippen molar-refractivity contribution in [1.29, 1.82) is 0 Å². The first-order valence-electron chi connectivity index (χ1n) is 6.12. The summed E-state index contributed by atoms with van der Waals surface area (Å²) < 4.78 is 0. The second-order valence-electron chi connectivity index (χ2n) is 4.76. The first-order chi connectivity index (χ1) is 8.16. The van der Waals surface area contributed by atoms with Crippen molar-refractivity contribution >= 4 is 5.78 Å². The predicted octanol–water partition coefficient (Wildman–Crippen LogP) is 2.80. The van der Waals surface area contributed by atoms with E-state index in [0.717, 1.165) is 31.6 Å². The molecule has 0 aromatic heterocycles. The van der Waals surface area contributed by atoms with Gasteiger partial charge in [-0.3, -0.25) is 9.69 Å². The van der Waals surface area contributed by atoms with Gasteiger partial charge in [0.2, 0.25) is 0 Å². The van der Waals surface area contributed by atoms with Crippen molar-refractivity contribution in [2.75, 3.05) is 13.1 Å². The van der Waals surface area contributed by atoms with Gasteiger partial charge in [-0.2, -0.15) is 0 Å². The van der Waals surface area contributed by atoms with Gasteiger partial charge in [-0.05, 0) is 31.4 Å². The predicted molar refractivity (Wildman–Crippen MR) is 69.7 cm³/mol. The van der Waals surface area contributed by atoms with Gasteiger partial charge >= 0.3 is 0 Å². The molecule has 0 radical (unpaired) electrons. The molecule has 0 amide bonds. The number of carbonyl (C=O) groups is 1. The standard InChI is InChI=1S/C15H19NO/c1-12-10-16(9-8-15(12)13(2)17)11-14-6-4-3-5-7-14/h3-7H,8-11H2,1-2H3. The summed E-state index contributed by atoms with van der Waals surface area (Å²) in [6.45, 7) is 6.63. The molecule has 2 heteroatoms. The maximum atomic E-state index is 11.4. The Hall–Kier alpha value is -1.41. The van der Waals surface area contributed by atoms with E-state index in [9.17, 15) is 4.79 Å². The first kappa shape index (κ1) is 12.1. The third-order valence-electron chi connectivity index (χ3n) is 3.33. The minimum Gasteiger partial charge on any atom is -0.295 e. The maximum Gasteiger partial charge on any atom is 0.155 e. The molecule has 2 nitrogen and oxygen atoms in total. The molecule has 0 unspecified atom stereocenters. The topological polar surface area (TPSA) is 20.3 Å². The molecule has 0 atom stereocenters. The van der Waals surface area contributed by atoms with Gasteiger partial charge in [-0.15, -0.1) is 0 Å². The summed E-state index contributed by atoms with van der Waals surface area (Å²) in [5.74, 6) is 0.238. The summed E-state index contributed by atoms with van der Waals surface area (Å²) >= 11 is 0. The SMILES string of the molecule is CC(=O)C1=C(C)CN(Cc2ccccc2)CC1. The van der Waals surface area contributed by atoms with Gasteiger partial charge in [0.25, 0.3) is 0 Å². The lowest BCUT2D eigenvalue weighted by Gasteiger charge is -2.28. The summed E-state index contributed by atoms with van der Waals surface area (Å²) in [5, 5.41) is 0. The van der Waals surface area contributed by atoms with E-state index in [-0.39, 0.29) is 5.78 Å². The number of rotatable bonds is 3. The molecule has 90 valence electrons. The van der Waals surface area contributed by atoms with Gasteiger partial charge in [0, 0.05) is 19.6 Å². The Kier molecular flexibility index (Phi) is 3.75. The second-order valence-corrected chi connectivity index (χ2v) is 4.76. The van der Waals surface area contributed by atoms with E-state index in [0.29, 0.717) is 0 Å². The van der Waals surface area contributed by atoms with Crippen LogP contribution in [0.2, 0.25) is 0 Å². The Morgan fingerprint density at radius 3 is 2.59 bits per heavy atom. The molecule has 0 bridgehead atoms. The fourth-order valence-electron chi connectivity index (χ4n) is 2.45. The Morgan fingerprint density at radius 2 is 2.00 bits per heavy atom. The van der Waals surface area contributed by atoms with Crippen molar-refractivity contribution < 1.29 is 4.79 Å². The Bertz CT molecular complexity index is 433. The highest BCUT2D eigenvalue weighted by Gasteiger charge is 2.18. The van der Waals surface area contributed by atoms with Gasteiger partial charge in [0.15, 0.2) is 5.78 Å². The molecule has 2 rings (SSSR count). The quantitative estimate of drug-likeness (QED) is 0.794. The molecular weight excluding hydrogens is 210 g/mol. The van der Waals surface area contributed by atoms with Gasteiger partial charge in [-0.1, -0.05) is 35.9 Å². The molecule has 0 aliphatic carbocycles. The zero-order valence-corrected chi connectivity index (χ0v) is 10.6. The van der Waals surface area contributed by atoms with Gasteiger partial charge < -0.3 is 0 Å². The summed E-state index contributed by atoms with van der Waals surface area (Å²) in [4.78, 5) is 13.8. The summed E-state index contributed by atoms with van der Waals surface area (Å²) in [6, 6.07) is 10.5. The number of ketones is 1. The third-order valence-corrected chi connectivity index (χ3v) is 3.33. The molecule has 0 saturated heterocycles. The van der Waals surface area contributed by atoms with Crippen molar-refractivity contribution in [3.8, 4) is 0 Å². The van der Waals surface area contributed by atoms with E-state index >= 15 is 0 Å². The van der Waals surface area contributed by atoms with E-state index in [1.165, 1.54) is 11.1 Å². The van der Waals surface area contributed by atoms with Crippen LogP contribution in [0.1, 0.15) is 25.8 Å². The third kappa shape index (κ3) is 3.04. The molecule has 0 saturated carbocycles. The molecule has 1 aliphatic rings. The molecule has 0 N–H and O–H groups in total. The smallest absolute Gasteiger partial charge is 0.155 e. The minimum atomic E-state index is 0.238. The Balaban J connectivity index is 2.02. The number of hydrogen-bond donors (Lipinski definition) is 0. The van der Waals surface area contributed by atoms with Crippen LogP contribution in [0.5, 0.6) is 0 Å². The van der Waals surface area contributed by atoms with Crippen LogP contribution in [0.15, 0.2) is 41.5 Å². The number of nitrogens with zero attached hydrogens (tertiary/aromatic N) is 1. The van der Waals surface area contributed by atoms with Crippen LogP contribution in [-0.2, 0) is 11.3 Å². The second kappa shape index (κ2) is 5.28. The van der Waals surface area contributed by atoms with Crippen LogP contribution in [-0.4, -0.2) is 23.8 Å². The van der Waals surface area contributed by atoms with E-state index in [1.54, 1.807) is 6.92 Å². The molecule has 0 fully saturated rings. The monoisotopic (exact) mass is 229 g/mol. The average Bonchev–Trinajstić information content (AvgIpc) is 2.30. The molecular formula is C15H19NO. The van der Waals surface area contributed by atoms with Crippen LogP contribution >= 0.6 is 0 Å². The van der Waals surface area contributed by atoms with E-state index < -0.39 is 0 Å². The lowest BCUT2D eigenvalue weighted by molar-refractivity contribution is -0.113. The number of hydrogen-bond acceptors (Lipinski definition) is 2. The normalized spacial score (nSPS) is 17.3. The van der Waals surface area contributed by atoms with Crippen LogP contribution < -0.4 is 0 Å². The highest BCUT2D eigenvalue weighted by Crippen LogP contribution is 2.19. The van der Waals surface area contributed by atoms with E-state index in [2.05, 4.69) is 36.1 Å². The Labute approximate surface area is 103 Å². The highest BCUT2D eigenvalue weighted by atomic mass is 16.1. The molecule has 1 aromatic carbocycles. The summed E-state index contributed by atoms with van der Waals surface area (Å²) in [5.41, 5.74) is 3.61. The zero-order chi connectivity index (χ0) is 12.3. The van der Waals surface area contributed by atoms with Crippen molar-refractivity contribution in [2.45, 2.75) is 26.8 Å². The molecule has 1 aromatic rings. The van der Waals surface area contributed by atoms with E-state index in [4.69, 9.17) is 0 Å². The van der Waals surface area contributed by atoms with Gasteiger partial charge in [0.1, 0.15) is 0 Å². The Morgan fingerprint density at radius 1 is 1.29 bits per heavy atom. The minimum absolute atomic E-state index is 0.238. The fraction of sp³-hybridized carbons (Fsp3) is 0.400. The van der Waals surface area contributed by atoms with Crippen LogP contribution in [0.4, 0.5) is 0 Å². The number of carbonyl (C=O) groups excluding carboxylic acids is 1. The zero-order valence-electron chi connectivity index (χ0n) is 10.6. The molecule has 1 aliphatic heterocycles. The number of Topliss-reactive ketones (excluding diaryl/α,β-unsaturated/α-hetero) is 1. The van der Waals surface area contributed by atoms with Crippen LogP contribution in [0.3, 0.4) is 0 Å². The maximum absolute atomic E-state index is 11.4. The van der Waals surface area contributed by atoms with Crippen molar-refractivity contribution in [2.24, 2.45) is 0 Å². The largest absolute Gasteiger partial charge is 0.295 e. The van der Waals surface area contributed by atoms with Crippen LogP contribution in [0, 0.1) is 0 Å². The molecule has 1 heterocycles. The lowest BCUT2D eigenvalue weighted by atomic mass is 9.98. The van der Waals surface area contributed by atoms with Crippen LogP contribution in [0.25, 0.3) is 0 Å². The first-order valence-corrected chi connectivity index (χ1v) is 6.12. The van der Waals surface area contributed by atoms with Gasteiger partial charge in [0.05, 0.1) is 0 Å². The summed E-state index contributed by atoms with van der Waals surface area (Å²) in [6.07, 6.45) is 0.897. The van der Waals surface area contributed by atoms with Gasteiger partial charge in [-0.25, -0.2) is 0 Å². The molecule has 0 spiro atoms. The van der Waals surface area contributed by atoms with Crippen molar-refractivity contribution in [1.82, 2.24) is 4.90 Å². The molecule has 17 heavy (non-hydrogen) atoms. The number of benzene rings is 1. The summed E-state index contributed by atoms with van der Waals surface area (Å²) in [7, 11) is 0. The average molecular weight is 229 g/mol. The lowest BCUT2D eigenvalue weighted by Crippen LogP contribution is -2.31. The van der Waals surface area contributed by atoms with Crippen molar-refractivity contribution in [3.63, 3.8) is 0 Å². The van der Waals surface area contributed by atoms with Crippen molar-refractivity contribution in [3.05, 3.63) is 47.0 Å².